The van der Waals surface area contributed by atoms with Gasteiger partial charge in [0.15, 0.2) is 5.96 Å². The maximum atomic E-state index is 5.26. The van der Waals surface area contributed by atoms with Gasteiger partial charge in [-0.2, -0.15) is 0 Å². The third-order valence-electron chi connectivity index (χ3n) is 2.72. The molecule has 5 nitrogen and oxygen atoms in total. The van der Waals surface area contributed by atoms with Crippen LogP contribution in [0.1, 0.15) is 18.4 Å². The van der Waals surface area contributed by atoms with Crippen LogP contribution in [0.5, 0.6) is 0 Å². The lowest BCUT2D eigenvalue weighted by Gasteiger charge is -2.10. The second-order valence-electron chi connectivity index (χ2n) is 4.27. The average Bonchev–Trinajstić information content (AvgIpc) is 2.99. The van der Waals surface area contributed by atoms with Gasteiger partial charge < -0.3 is 15.1 Å². The lowest BCUT2D eigenvalue weighted by atomic mass is 10.3. The van der Waals surface area contributed by atoms with Crippen LogP contribution < -0.4 is 10.6 Å². The van der Waals surface area contributed by atoms with E-state index < -0.39 is 0 Å². The van der Waals surface area contributed by atoms with Gasteiger partial charge in [-0.1, -0.05) is 6.07 Å². The van der Waals surface area contributed by atoms with Crippen LogP contribution in [0.3, 0.4) is 0 Å². The van der Waals surface area contributed by atoms with Crippen LogP contribution in [-0.4, -0.2) is 24.0 Å². The molecule has 0 aromatic carbocycles. The number of nitrogens with zero attached hydrogens (tertiary/aromatic N) is 2. The predicted octanol–water partition coefficient (Wildman–Crippen LogP) is 1.97. The second-order valence-corrected chi connectivity index (χ2v) is 4.27. The van der Waals surface area contributed by atoms with Crippen LogP contribution in [-0.2, 0) is 13.0 Å². The smallest absolute Gasteiger partial charge is 0.191 e. The van der Waals surface area contributed by atoms with Crippen molar-refractivity contribution in [2.45, 2.75) is 19.9 Å². The van der Waals surface area contributed by atoms with Crippen molar-refractivity contribution in [1.29, 1.82) is 0 Å². The summed E-state index contributed by atoms with van der Waals surface area (Å²) in [6, 6.07) is 9.73. The topological polar surface area (TPSA) is 62.5 Å². The van der Waals surface area contributed by atoms with E-state index in [2.05, 4.69) is 20.6 Å². The lowest BCUT2D eigenvalue weighted by Crippen LogP contribution is -2.38. The fourth-order valence-electron chi connectivity index (χ4n) is 1.76. The summed E-state index contributed by atoms with van der Waals surface area (Å²) in [6.07, 6.45) is 4.34. The number of aliphatic imine (C=N–C) groups is 1. The number of pyridine rings is 1. The molecule has 0 atom stereocenters. The van der Waals surface area contributed by atoms with Crippen molar-refractivity contribution in [2.24, 2.45) is 4.99 Å². The molecule has 0 amide bonds. The fourth-order valence-corrected chi connectivity index (χ4v) is 1.76. The normalized spacial score (nSPS) is 11.3. The monoisotopic (exact) mass is 272 g/mol. The summed E-state index contributed by atoms with van der Waals surface area (Å²) in [7, 11) is 0. The molecule has 0 bridgehead atoms. The number of hydrogen-bond donors (Lipinski definition) is 2. The molecule has 0 saturated carbocycles. The Bertz CT molecular complexity index is 508. The van der Waals surface area contributed by atoms with Crippen LogP contribution in [0.15, 0.2) is 52.2 Å². The largest absolute Gasteiger partial charge is 0.467 e. The number of hydrogen-bond acceptors (Lipinski definition) is 3. The zero-order valence-corrected chi connectivity index (χ0v) is 11.7. The summed E-state index contributed by atoms with van der Waals surface area (Å²) >= 11 is 0. The Morgan fingerprint density at radius 1 is 1.25 bits per heavy atom. The molecule has 0 aliphatic heterocycles. The third kappa shape index (κ3) is 4.76. The average molecular weight is 272 g/mol. The number of furan rings is 1. The van der Waals surface area contributed by atoms with Crippen LogP contribution in [0.4, 0.5) is 0 Å². The zero-order valence-electron chi connectivity index (χ0n) is 11.7. The van der Waals surface area contributed by atoms with Crippen molar-refractivity contribution < 1.29 is 4.42 Å². The summed E-state index contributed by atoms with van der Waals surface area (Å²) < 4.78 is 5.26. The van der Waals surface area contributed by atoms with Gasteiger partial charge in [-0.3, -0.25) is 4.98 Å². The van der Waals surface area contributed by atoms with Crippen LogP contribution >= 0.6 is 0 Å². The highest BCUT2D eigenvalue weighted by Crippen LogP contribution is 2.01. The molecule has 0 radical (unpaired) electrons. The minimum Gasteiger partial charge on any atom is -0.467 e. The van der Waals surface area contributed by atoms with Crippen molar-refractivity contribution in [2.75, 3.05) is 13.1 Å². The molecule has 20 heavy (non-hydrogen) atoms. The molecule has 0 saturated heterocycles. The molecule has 0 spiro atoms. The Morgan fingerprint density at radius 3 is 2.90 bits per heavy atom. The van der Waals surface area contributed by atoms with Gasteiger partial charge in [0.1, 0.15) is 12.3 Å². The highest BCUT2D eigenvalue weighted by atomic mass is 16.3. The molecule has 5 heteroatoms. The number of rotatable bonds is 6. The van der Waals surface area contributed by atoms with Gasteiger partial charge in [0.25, 0.3) is 0 Å². The van der Waals surface area contributed by atoms with Crippen molar-refractivity contribution in [3.8, 4) is 0 Å². The highest BCUT2D eigenvalue weighted by molar-refractivity contribution is 5.79. The van der Waals surface area contributed by atoms with Crippen LogP contribution in [0, 0.1) is 0 Å². The first-order valence-corrected chi connectivity index (χ1v) is 6.83. The summed E-state index contributed by atoms with van der Waals surface area (Å²) in [5.41, 5.74) is 1.07. The van der Waals surface area contributed by atoms with E-state index in [0.717, 1.165) is 36.9 Å². The van der Waals surface area contributed by atoms with Crippen LogP contribution in [0.25, 0.3) is 0 Å². The molecule has 106 valence electrons. The summed E-state index contributed by atoms with van der Waals surface area (Å²) in [5, 5.41) is 6.50. The second kappa shape index (κ2) is 7.99. The fraction of sp³-hybridized carbons (Fsp3) is 0.333. The third-order valence-corrected chi connectivity index (χ3v) is 2.72. The molecule has 2 aromatic heterocycles. The van der Waals surface area contributed by atoms with E-state index in [-0.39, 0.29) is 0 Å². The molecule has 0 aliphatic rings. The first-order chi connectivity index (χ1) is 9.88. The van der Waals surface area contributed by atoms with Gasteiger partial charge >= 0.3 is 0 Å². The number of nitrogens with one attached hydrogen (secondary N) is 2. The van der Waals surface area contributed by atoms with E-state index >= 15 is 0 Å². The number of guanidine groups is 1. The molecule has 0 aliphatic carbocycles. The van der Waals surface area contributed by atoms with E-state index in [1.54, 1.807) is 6.26 Å². The molecular weight excluding hydrogens is 252 g/mol. The Kier molecular flexibility index (Phi) is 5.64. The minimum atomic E-state index is 0.534. The molecule has 2 aromatic rings. The van der Waals surface area contributed by atoms with E-state index in [1.807, 2.05) is 43.5 Å². The quantitative estimate of drug-likeness (QED) is 0.623. The first kappa shape index (κ1) is 14.1. The van der Waals surface area contributed by atoms with Crippen molar-refractivity contribution in [3.05, 3.63) is 54.2 Å². The van der Waals surface area contributed by atoms with Gasteiger partial charge in [0, 0.05) is 31.4 Å². The maximum Gasteiger partial charge on any atom is 0.191 e. The summed E-state index contributed by atoms with van der Waals surface area (Å²) in [5.74, 6) is 1.65. The lowest BCUT2D eigenvalue weighted by molar-refractivity contribution is 0.512. The Labute approximate surface area is 119 Å². The summed E-state index contributed by atoms with van der Waals surface area (Å²) in [6.45, 7) is 4.20. The van der Waals surface area contributed by atoms with E-state index in [1.165, 1.54) is 0 Å². The Morgan fingerprint density at radius 2 is 2.20 bits per heavy atom. The minimum absolute atomic E-state index is 0.534. The van der Waals surface area contributed by atoms with Gasteiger partial charge in [0.05, 0.1) is 6.26 Å². The van der Waals surface area contributed by atoms with Crippen molar-refractivity contribution in [1.82, 2.24) is 15.6 Å². The van der Waals surface area contributed by atoms with Crippen molar-refractivity contribution >= 4 is 5.96 Å². The van der Waals surface area contributed by atoms with Gasteiger partial charge in [-0.25, -0.2) is 4.99 Å². The maximum absolute atomic E-state index is 5.26. The van der Waals surface area contributed by atoms with Crippen LogP contribution in [0.2, 0.25) is 0 Å². The molecule has 0 fully saturated rings. The molecular formula is C15H20N4O. The van der Waals surface area contributed by atoms with Crippen molar-refractivity contribution in [3.63, 3.8) is 0 Å². The summed E-state index contributed by atoms with van der Waals surface area (Å²) in [4.78, 5) is 8.76. The van der Waals surface area contributed by atoms with E-state index in [4.69, 9.17) is 4.42 Å². The molecule has 0 unspecified atom stereocenters. The highest BCUT2D eigenvalue weighted by Gasteiger charge is 1.99. The van der Waals surface area contributed by atoms with Gasteiger partial charge in [-0.05, 0) is 31.2 Å². The molecule has 2 heterocycles. The Balaban J connectivity index is 1.81. The molecule has 2 N–H and O–H groups in total. The SMILES string of the molecule is CCNC(=NCc1ccco1)NCCc1ccccn1. The zero-order chi connectivity index (χ0) is 14.0. The predicted molar refractivity (Wildman–Crippen MR) is 79.5 cm³/mol. The van der Waals surface area contributed by atoms with E-state index in [0.29, 0.717) is 6.54 Å². The standard InChI is InChI=1S/C15H20N4O/c1-2-16-15(19-12-14-7-5-11-20-14)18-10-8-13-6-3-4-9-17-13/h3-7,9,11H,2,8,10,12H2,1H3,(H2,16,18,19). The van der Waals surface area contributed by atoms with E-state index in [9.17, 15) is 0 Å². The number of aromatic nitrogens is 1. The Hall–Kier alpha value is -2.30. The molecule has 2 rings (SSSR count). The first-order valence-electron chi connectivity index (χ1n) is 6.83. The van der Waals surface area contributed by atoms with Gasteiger partial charge in [0.2, 0.25) is 0 Å². The van der Waals surface area contributed by atoms with Gasteiger partial charge in [-0.15, -0.1) is 0 Å².